The van der Waals surface area contributed by atoms with Crippen molar-refractivity contribution in [2.24, 2.45) is 0 Å². The average Bonchev–Trinajstić information content (AvgIpc) is 2.91. The normalized spacial score (nSPS) is 21.0. The predicted molar refractivity (Wildman–Crippen MR) is 88.2 cm³/mol. The molecule has 0 fully saturated rings. The van der Waals surface area contributed by atoms with E-state index in [1.807, 2.05) is 24.3 Å². The summed E-state index contributed by atoms with van der Waals surface area (Å²) in [5.74, 6) is -1.21. The number of H-pyrrole nitrogens is 1. The van der Waals surface area contributed by atoms with Gasteiger partial charge in [-0.3, -0.25) is 4.79 Å². The van der Waals surface area contributed by atoms with Gasteiger partial charge in [-0.25, -0.2) is 0 Å². The molecule has 0 saturated heterocycles. The van der Waals surface area contributed by atoms with Crippen LogP contribution in [0.4, 0.5) is 0 Å². The Balaban J connectivity index is 1.92. The molecular formula is C18H24N2O2. The predicted octanol–water partition coefficient (Wildman–Crippen LogP) is 3.95. The van der Waals surface area contributed by atoms with Crippen molar-refractivity contribution in [3.63, 3.8) is 0 Å². The molecule has 0 radical (unpaired) electrons. The second kappa shape index (κ2) is 6.53. The molecule has 0 unspecified atom stereocenters. The Bertz CT molecular complexity index is 662. The summed E-state index contributed by atoms with van der Waals surface area (Å²) in [5, 5.41) is 14.0. The zero-order valence-corrected chi connectivity index (χ0v) is 13.1. The van der Waals surface area contributed by atoms with Crippen molar-refractivity contribution in [1.29, 1.82) is 0 Å². The van der Waals surface area contributed by atoms with Crippen LogP contribution in [0.2, 0.25) is 0 Å². The Hall–Kier alpha value is -1.81. The van der Waals surface area contributed by atoms with Crippen LogP contribution in [-0.2, 0) is 4.79 Å². The molecule has 1 aromatic heterocycles. The molecule has 0 spiro atoms. The highest BCUT2D eigenvalue weighted by atomic mass is 16.4. The Morgan fingerprint density at radius 3 is 2.86 bits per heavy atom. The van der Waals surface area contributed by atoms with E-state index in [2.05, 4.69) is 17.2 Å². The van der Waals surface area contributed by atoms with Crippen molar-refractivity contribution in [2.45, 2.75) is 51.0 Å². The van der Waals surface area contributed by atoms with E-state index in [9.17, 15) is 9.90 Å². The number of hydrogen-bond acceptors (Lipinski definition) is 2. The maximum Gasteiger partial charge on any atom is 0.312 e. The maximum atomic E-state index is 11.6. The molecule has 1 aliphatic rings. The molecule has 1 aromatic carbocycles. The number of carboxylic acids is 1. The molecule has 0 aliphatic carbocycles. The van der Waals surface area contributed by atoms with Crippen LogP contribution >= 0.6 is 0 Å². The minimum absolute atomic E-state index is 0.245. The van der Waals surface area contributed by atoms with Gasteiger partial charge in [-0.1, -0.05) is 50.8 Å². The lowest BCUT2D eigenvalue weighted by atomic mass is 9.88. The molecule has 118 valence electrons. The second-order valence-electron chi connectivity index (χ2n) is 6.20. The van der Waals surface area contributed by atoms with E-state index in [1.54, 1.807) is 0 Å². The first kappa shape index (κ1) is 15.1. The molecule has 0 bridgehead atoms. The number of hydrogen-bond donors (Lipinski definition) is 3. The summed E-state index contributed by atoms with van der Waals surface area (Å²) in [5.41, 5.74) is 3.11. The van der Waals surface area contributed by atoms with Crippen molar-refractivity contribution in [3.8, 4) is 0 Å². The van der Waals surface area contributed by atoms with Crippen LogP contribution in [-0.4, -0.2) is 22.6 Å². The fraction of sp³-hybridized carbons (Fsp3) is 0.500. The molecule has 2 aromatic rings. The molecule has 0 saturated carbocycles. The summed E-state index contributed by atoms with van der Waals surface area (Å²) in [6, 6.07) is 8.27. The van der Waals surface area contributed by atoms with Gasteiger partial charge in [0.2, 0.25) is 0 Å². The van der Waals surface area contributed by atoms with Crippen LogP contribution in [0.25, 0.3) is 10.9 Å². The number of rotatable bonds is 6. The van der Waals surface area contributed by atoms with Gasteiger partial charge in [0, 0.05) is 29.2 Å². The van der Waals surface area contributed by atoms with Crippen molar-refractivity contribution in [2.75, 3.05) is 6.54 Å². The zero-order chi connectivity index (χ0) is 15.5. The van der Waals surface area contributed by atoms with E-state index in [4.69, 9.17) is 0 Å². The largest absolute Gasteiger partial charge is 0.481 e. The summed E-state index contributed by atoms with van der Waals surface area (Å²) >= 11 is 0. The highest BCUT2D eigenvalue weighted by Gasteiger charge is 2.34. The first-order valence-electron chi connectivity index (χ1n) is 8.29. The number of carboxylic acid groups (broad SMARTS) is 1. The SMILES string of the molecule is CCCCCC[C@H]1NC[C@@H](C(=O)O)c2c1[nH]c1ccccc21. The van der Waals surface area contributed by atoms with E-state index < -0.39 is 11.9 Å². The highest BCUT2D eigenvalue weighted by Crippen LogP contribution is 2.37. The van der Waals surface area contributed by atoms with Gasteiger partial charge in [0.25, 0.3) is 0 Å². The Morgan fingerprint density at radius 2 is 2.09 bits per heavy atom. The number of carbonyl (C=O) groups is 1. The Labute approximate surface area is 130 Å². The number of para-hydroxylation sites is 1. The molecule has 4 heteroatoms. The van der Waals surface area contributed by atoms with Crippen LogP contribution in [0, 0.1) is 0 Å². The second-order valence-corrected chi connectivity index (χ2v) is 6.20. The number of fused-ring (bicyclic) bond motifs is 3. The van der Waals surface area contributed by atoms with Crippen LogP contribution in [0.1, 0.15) is 62.2 Å². The molecule has 3 rings (SSSR count). The van der Waals surface area contributed by atoms with Gasteiger partial charge in [0.15, 0.2) is 0 Å². The fourth-order valence-corrected chi connectivity index (χ4v) is 3.53. The lowest BCUT2D eigenvalue weighted by Crippen LogP contribution is -2.36. The van der Waals surface area contributed by atoms with E-state index in [-0.39, 0.29) is 6.04 Å². The summed E-state index contributed by atoms with van der Waals surface area (Å²) in [6.07, 6.45) is 5.98. The topological polar surface area (TPSA) is 65.1 Å². The Morgan fingerprint density at radius 1 is 1.27 bits per heavy atom. The first-order chi connectivity index (χ1) is 10.7. The molecule has 4 nitrogen and oxygen atoms in total. The molecule has 0 amide bonds. The van der Waals surface area contributed by atoms with Gasteiger partial charge >= 0.3 is 5.97 Å². The summed E-state index contributed by atoms with van der Waals surface area (Å²) in [6.45, 7) is 2.73. The number of unbranched alkanes of at least 4 members (excludes halogenated alkanes) is 3. The molecule has 1 aliphatic heterocycles. The molecule has 2 atom stereocenters. The van der Waals surface area contributed by atoms with Crippen LogP contribution in [0.3, 0.4) is 0 Å². The smallest absolute Gasteiger partial charge is 0.312 e. The van der Waals surface area contributed by atoms with Gasteiger partial charge in [-0.05, 0) is 18.1 Å². The van der Waals surface area contributed by atoms with Gasteiger partial charge in [0.1, 0.15) is 0 Å². The quantitative estimate of drug-likeness (QED) is 0.708. The zero-order valence-electron chi connectivity index (χ0n) is 13.1. The van der Waals surface area contributed by atoms with Gasteiger partial charge in [-0.2, -0.15) is 0 Å². The lowest BCUT2D eigenvalue weighted by molar-refractivity contribution is -0.138. The molecular weight excluding hydrogens is 276 g/mol. The third-order valence-electron chi connectivity index (χ3n) is 4.69. The van der Waals surface area contributed by atoms with E-state index in [0.717, 1.165) is 28.6 Å². The standard InChI is InChI=1S/C18H24N2O2/c1-2-3-4-5-10-15-17-16(13(11-19-15)18(21)22)12-8-6-7-9-14(12)20-17/h6-9,13,15,19-20H,2-5,10-11H2,1H3,(H,21,22)/t13-,15-/m1/s1. The maximum absolute atomic E-state index is 11.6. The molecule has 22 heavy (non-hydrogen) atoms. The molecule has 3 N–H and O–H groups in total. The van der Waals surface area contributed by atoms with E-state index in [0.29, 0.717) is 6.54 Å². The third-order valence-corrected chi connectivity index (χ3v) is 4.69. The van der Waals surface area contributed by atoms with Crippen molar-refractivity contribution < 1.29 is 9.90 Å². The molecule has 2 heterocycles. The number of aromatic nitrogens is 1. The van der Waals surface area contributed by atoms with E-state index in [1.165, 1.54) is 25.7 Å². The van der Waals surface area contributed by atoms with Crippen molar-refractivity contribution >= 4 is 16.9 Å². The number of aromatic amines is 1. The fourth-order valence-electron chi connectivity index (χ4n) is 3.53. The monoisotopic (exact) mass is 300 g/mol. The van der Waals surface area contributed by atoms with E-state index >= 15 is 0 Å². The van der Waals surface area contributed by atoms with Gasteiger partial charge in [0.05, 0.1) is 5.92 Å². The van der Waals surface area contributed by atoms with Crippen LogP contribution in [0.5, 0.6) is 0 Å². The minimum atomic E-state index is -0.747. The summed E-state index contributed by atoms with van der Waals surface area (Å²) in [4.78, 5) is 15.1. The van der Waals surface area contributed by atoms with Crippen molar-refractivity contribution in [1.82, 2.24) is 10.3 Å². The lowest BCUT2D eigenvalue weighted by Gasteiger charge is -2.28. The number of aliphatic carboxylic acids is 1. The highest BCUT2D eigenvalue weighted by molar-refractivity contribution is 5.91. The summed E-state index contributed by atoms with van der Waals surface area (Å²) in [7, 11) is 0. The van der Waals surface area contributed by atoms with Gasteiger partial charge in [-0.15, -0.1) is 0 Å². The van der Waals surface area contributed by atoms with Crippen LogP contribution in [0.15, 0.2) is 24.3 Å². The minimum Gasteiger partial charge on any atom is -0.481 e. The first-order valence-corrected chi connectivity index (χ1v) is 8.29. The average molecular weight is 300 g/mol. The Kier molecular flexibility index (Phi) is 4.48. The van der Waals surface area contributed by atoms with Crippen LogP contribution < -0.4 is 5.32 Å². The summed E-state index contributed by atoms with van der Waals surface area (Å²) < 4.78 is 0. The van der Waals surface area contributed by atoms with Crippen molar-refractivity contribution in [3.05, 3.63) is 35.5 Å². The number of nitrogens with one attached hydrogen (secondary N) is 2. The van der Waals surface area contributed by atoms with Gasteiger partial charge < -0.3 is 15.4 Å². The third kappa shape index (κ3) is 2.75. The number of benzene rings is 1.